The highest BCUT2D eigenvalue weighted by Gasteiger charge is 2.08. The molecule has 94 valence electrons. The van der Waals surface area contributed by atoms with Crippen LogP contribution in [0.25, 0.3) is 0 Å². The molecule has 0 saturated carbocycles. The van der Waals surface area contributed by atoms with Crippen molar-refractivity contribution in [3.05, 3.63) is 51.8 Å². The standard InChI is InChI=1S/C13H11Cl2FN2/c1-7-11(17)3-2-4-12(7)18-8-5-9(14)13(16)10(15)6-8/h2-6,18H,17H2,1H3. The summed E-state index contributed by atoms with van der Waals surface area (Å²) in [6.07, 6.45) is 0. The second-order valence-electron chi connectivity index (χ2n) is 3.90. The molecule has 0 spiro atoms. The lowest BCUT2D eigenvalue weighted by Gasteiger charge is -2.12. The van der Waals surface area contributed by atoms with Crippen molar-refractivity contribution in [2.45, 2.75) is 6.92 Å². The van der Waals surface area contributed by atoms with Crippen molar-refractivity contribution in [1.29, 1.82) is 0 Å². The molecule has 2 rings (SSSR count). The van der Waals surface area contributed by atoms with Crippen molar-refractivity contribution >= 4 is 40.3 Å². The number of nitrogens with two attached hydrogens (primary N) is 1. The molecule has 0 atom stereocenters. The van der Waals surface area contributed by atoms with Gasteiger partial charge in [-0.1, -0.05) is 29.3 Å². The quantitative estimate of drug-likeness (QED) is 0.616. The van der Waals surface area contributed by atoms with Gasteiger partial charge >= 0.3 is 0 Å². The van der Waals surface area contributed by atoms with Crippen LogP contribution in [0.5, 0.6) is 0 Å². The van der Waals surface area contributed by atoms with Gasteiger partial charge in [-0.15, -0.1) is 0 Å². The Kier molecular flexibility index (Phi) is 3.64. The molecule has 0 heterocycles. The zero-order chi connectivity index (χ0) is 13.3. The molecule has 5 heteroatoms. The minimum atomic E-state index is -0.617. The maximum atomic E-state index is 13.3. The van der Waals surface area contributed by atoms with Crippen molar-refractivity contribution in [3.8, 4) is 0 Å². The summed E-state index contributed by atoms with van der Waals surface area (Å²) >= 11 is 11.5. The molecule has 0 amide bonds. The van der Waals surface area contributed by atoms with Gasteiger partial charge in [0.15, 0.2) is 5.82 Å². The largest absolute Gasteiger partial charge is 0.398 e. The van der Waals surface area contributed by atoms with Gasteiger partial charge < -0.3 is 11.1 Å². The maximum absolute atomic E-state index is 13.3. The number of benzene rings is 2. The normalized spacial score (nSPS) is 10.4. The number of halogens is 3. The molecule has 3 N–H and O–H groups in total. The first-order chi connectivity index (χ1) is 8.49. The van der Waals surface area contributed by atoms with Crippen LogP contribution in [0.2, 0.25) is 10.0 Å². The minimum absolute atomic E-state index is 0.0217. The fraction of sp³-hybridized carbons (Fsp3) is 0.0769. The van der Waals surface area contributed by atoms with Crippen molar-refractivity contribution in [1.82, 2.24) is 0 Å². The van der Waals surface area contributed by atoms with Crippen LogP contribution in [0.15, 0.2) is 30.3 Å². The second-order valence-corrected chi connectivity index (χ2v) is 4.71. The first-order valence-electron chi connectivity index (χ1n) is 5.25. The van der Waals surface area contributed by atoms with E-state index < -0.39 is 5.82 Å². The van der Waals surface area contributed by atoms with Crippen molar-refractivity contribution in [3.63, 3.8) is 0 Å². The van der Waals surface area contributed by atoms with Gasteiger partial charge in [0.05, 0.1) is 10.0 Å². The summed E-state index contributed by atoms with van der Waals surface area (Å²) in [5.41, 5.74) is 8.84. The summed E-state index contributed by atoms with van der Waals surface area (Å²) in [7, 11) is 0. The summed E-state index contributed by atoms with van der Waals surface area (Å²) in [5, 5.41) is 3.06. The van der Waals surface area contributed by atoms with Crippen LogP contribution in [-0.4, -0.2) is 0 Å². The van der Waals surface area contributed by atoms with Crippen LogP contribution in [0.4, 0.5) is 21.5 Å². The number of nitrogen functional groups attached to an aromatic ring is 1. The van der Waals surface area contributed by atoms with Gasteiger partial charge in [0, 0.05) is 17.1 Å². The molecule has 2 aromatic rings. The number of hydrogen-bond donors (Lipinski definition) is 2. The van der Waals surface area contributed by atoms with Crippen LogP contribution in [0.3, 0.4) is 0 Å². The van der Waals surface area contributed by atoms with Crippen molar-refractivity contribution < 1.29 is 4.39 Å². The van der Waals surface area contributed by atoms with E-state index in [1.165, 1.54) is 12.1 Å². The summed E-state index contributed by atoms with van der Waals surface area (Å²) < 4.78 is 13.3. The van der Waals surface area contributed by atoms with E-state index in [0.717, 1.165) is 11.3 Å². The molecular weight excluding hydrogens is 274 g/mol. The van der Waals surface area contributed by atoms with Crippen LogP contribution < -0.4 is 11.1 Å². The van der Waals surface area contributed by atoms with E-state index in [4.69, 9.17) is 28.9 Å². The lowest BCUT2D eigenvalue weighted by molar-refractivity contribution is 0.629. The Morgan fingerprint density at radius 1 is 1.17 bits per heavy atom. The Bertz CT molecular complexity index is 577. The summed E-state index contributed by atoms with van der Waals surface area (Å²) in [6.45, 7) is 1.89. The molecule has 0 aliphatic carbocycles. The third-order valence-corrected chi connectivity index (χ3v) is 3.19. The highest BCUT2D eigenvalue weighted by molar-refractivity contribution is 6.35. The number of rotatable bonds is 2. The second kappa shape index (κ2) is 5.04. The van der Waals surface area contributed by atoms with Gasteiger partial charge in [0.25, 0.3) is 0 Å². The van der Waals surface area contributed by atoms with E-state index in [1.807, 2.05) is 25.1 Å². The zero-order valence-electron chi connectivity index (χ0n) is 9.60. The molecule has 0 aliphatic heterocycles. The van der Waals surface area contributed by atoms with Gasteiger partial charge in [0.2, 0.25) is 0 Å². The van der Waals surface area contributed by atoms with E-state index in [-0.39, 0.29) is 10.0 Å². The topological polar surface area (TPSA) is 38.0 Å². The van der Waals surface area contributed by atoms with Gasteiger partial charge in [-0.25, -0.2) is 4.39 Å². The Balaban J connectivity index is 2.37. The third kappa shape index (κ3) is 2.52. The maximum Gasteiger partial charge on any atom is 0.160 e. The SMILES string of the molecule is Cc1c(N)cccc1Nc1cc(Cl)c(F)c(Cl)c1. The average Bonchev–Trinajstić information content (AvgIpc) is 2.32. The van der Waals surface area contributed by atoms with E-state index in [2.05, 4.69) is 5.32 Å². The fourth-order valence-corrected chi connectivity index (χ4v) is 2.06. The zero-order valence-corrected chi connectivity index (χ0v) is 11.1. The van der Waals surface area contributed by atoms with Crippen LogP contribution >= 0.6 is 23.2 Å². The Morgan fingerprint density at radius 3 is 2.39 bits per heavy atom. The fourth-order valence-electron chi connectivity index (χ4n) is 1.57. The number of hydrogen-bond acceptors (Lipinski definition) is 2. The summed E-state index contributed by atoms with van der Waals surface area (Å²) in [4.78, 5) is 0. The van der Waals surface area contributed by atoms with E-state index >= 15 is 0 Å². The predicted octanol–water partition coefficient (Wildman–Crippen LogP) is 4.77. The van der Waals surface area contributed by atoms with E-state index in [0.29, 0.717) is 11.4 Å². The predicted molar refractivity (Wildman–Crippen MR) is 75.3 cm³/mol. The smallest absolute Gasteiger partial charge is 0.160 e. The molecular formula is C13H11Cl2FN2. The molecule has 0 aromatic heterocycles. The van der Waals surface area contributed by atoms with Gasteiger partial charge in [-0.2, -0.15) is 0 Å². The van der Waals surface area contributed by atoms with Gasteiger partial charge in [-0.3, -0.25) is 0 Å². The first kappa shape index (κ1) is 13.0. The van der Waals surface area contributed by atoms with Gasteiger partial charge in [0.1, 0.15) is 0 Å². The highest BCUT2D eigenvalue weighted by atomic mass is 35.5. The van der Waals surface area contributed by atoms with Crippen LogP contribution in [0.1, 0.15) is 5.56 Å². The molecule has 0 unspecified atom stereocenters. The average molecular weight is 285 g/mol. The van der Waals surface area contributed by atoms with Crippen LogP contribution in [-0.2, 0) is 0 Å². The summed E-state index contributed by atoms with van der Waals surface area (Å²) in [5.74, 6) is -0.617. The molecule has 0 fully saturated rings. The van der Waals surface area contributed by atoms with E-state index in [9.17, 15) is 4.39 Å². The lowest BCUT2D eigenvalue weighted by atomic mass is 10.1. The molecule has 18 heavy (non-hydrogen) atoms. The monoisotopic (exact) mass is 284 g/mol. The third-order valence-electron chi connectivity index (χ3n) is 2.64. The van der Waals surface area contributed by atoms with Crippen LogP contribution in [0, 0.1) is 12.7 Å². The number of nitrogens with one attached hydrogen (secondary N) is 1. The Hall–Kier alpha value is -1.45. The molecule has 0 saturated heterocycles. The van der Waals surface area contributed by atoms with Crippen molar-refractivity contribution in [2.24, 2.45) is 0 Å². The molecule has 2 nitrogen and oxygen atoms in total. The van der Waals surface area contributed by atoms with Crippen molar-refractivity contribution in [2.75, 3.05) is 11.1 Å². The number of anilines is 3. The highest BCUT2D eigenvalue weighted by Crippen LogP contribution is 2.30. The van der Waals surface area contributed by atoms with E-state index in [1.54, 1.807) is 0 Å². The van der Waals surface area contributed by atoms with Gasteiger partial charge in [-0.05, 0) is 36.8 Å². The lowest BCUT2D eigenvalue weighted by Crippen LogP contribution is -1.97. The Labute approximate surface area is 115 Å². The molecule has 0 bridgehead atoms. The minimum Gasteiger partial charge on any atom is -0.398 e. The molecule has 0 aliphatic rings. The Morgan fingerprint density at radius 2 is 1.78 bits per heavy atom. The molecule has 0 radical (unpaired) electrons. The molecule has 2 aromatic carbocycles. The first-order valence-corrected chi connectivity index (χ1v) is 6.01. The summed E-state index contributed by atoms with van der Waals surface area (Å²) in [6, 6.07) is 8.47.